The number of para-hydroxylation sites is 1. The summed E-state index contributed by atoms with van der Waals surface area (Å²) >= 11 is 0. The molecule has 1 atom stereocenters. The molecule has 2 heterocycles. The SMILES string of the molecule is CN1c2cccc(C(=O)c3ccc(OCCCCCCO)cc3)c2C(C)(C)C12C=Cc1ccccc1O2. The molecule has 5 nitrogen and oxygen atoms in total. The molecule has 5 heteroatoms. The highest BCUT2D eigenvalue weighted by molar-refractivity contribution is 6.11. The predicted molar refractivity (Wildman–Crippen MR) is 148 cm³/mol. The van der Waals surface area contributed by atoms with Crippen LogP contribution < -0.4 is 14.4 Å². The van der Waals surface area contributed by atoms with Crippen molar-refractivity contribution < 1.29 is 19.4 Å². The van der Waals surface area contributed by atoms with Gasteiger partial charge in [0.1, 0.15) is 11.5 Å². The third kappa shape index (κ3) is 4.31. The zero-order valence-corrected chi connectivity index (χ0v) is 21.9. The molecule has 2 aliphatic rings. The molecular weight excluding hydrogens is 462 g/mol. The van der Waals surface area contributed by atoms with Gasteiger partial charge in [-0.05, 0) is 87.2 Å². The van der Waals surface area contributed by atoms with Crippen LogP contribution in [-0.4, -0.2) is 36.9 Å². The molecular formula is C32H35NO4. The van der Waals surface area contributed by atoms with E-state index in [0.29, 0.717) is 17.7 Å². The van der Waals surface area contributed by atoms with Gasteiger partial charge in [-0.1, -0.05) is 36.8 Å². The zero-order chi connectivity index (χ0) is 26.0. The number of anilines is 1. The maximum absolute atomic E-state index is 13.8. The van der Waals surface area contributed by atoms with Crippen molar-refractivity contribution in [3.63, 3.8) is 0 Å². The van der Waals surface area contributed by atoms with Gasteiger partial charge in [-0.2, -0.15) is 0 Å². The van der Waals surface area contributed by atoms with Gasteiger partial charge < -0.3 is 19.5 Å². The summed E-state index contributed by atoms with van der Waals surface area (Å²) in [5.41, 5.74) is 3.14. The minimum absolute atomic E-state index is 0.00822. The largest absolute Gasteiger partial charge is 0.494 e. The summed E-state index contributed by atoms with van der Waals surface area (Å²) in [7, 11) is 2.04. The fourth-order valence-electron chi connectivity index (χ4n) is 5.69. The maximum Gasteiger partial charge on any atom is 0.211 e. The second-order valence-electron chi connectivity index (χ2n) is 10.4. The number of carbonyl (C=O) groups excluding carboxylic acids is 1. The summed E-state index contributed by atoms with van der Waals surface area (Å²) in [6.07, 6.45) is 8.07. The van der Waals surface area contributed by atoms with Gasteiger partial charge in [0.25, 0.3) is 0 Å². The highest BCUT2D eigenvalue weighted by Gasteiger charge is 2.58. The fraction of sp³-hybridized carbons (Fsp3) is 0.344. The lowest BCUT2D eigenvalue weighted by molar-refractivity contribution is 0.0578. The van der Waals surface area contributed by atoms with E-state index in [4.69, 9.17) is 14.6 Å². The van der Waals surface area contributed by atoms with Crippen LogP contribution in [0, 0.1) is 0 Å². The molecule has 37 heavy (non-hydrogen) atoms. The van der Waals surface area contributed by atoms with E-state index in [1.54, 1.807) is 0 Å². The molecule has 0 amide bonds. The van der Waals surface area contributed by atoms with E-state index in [9.17, 15) is 4.79 Å². The molecule has 0 radical (unpaired) electrons. The first-order valence-corrected chi connectivity index (χ1v) is 13.1. The van der Waals surface area contributed by atoms with Gasteiger partial charge >= 0.3 is 0 Å². The Hall–Kier alpha value is -3.57. The fourth-order valence-corrected chi connectivity index (χ4v) is 5.69. The number of hydrogen-bond donors (Lipinski definition) is 1. The molecule has 0 saturated heterocycles. The van der Waals surface area contributed by atoms with Crippen molar-refractivity contribution in [1.29, 1.82) is 0 Å². The highest BCUT2D eigenvalue weighted by atomic mass is 16.5. The Kier molecular flexibility index (Phi) is 6.82. The van der Waals surface area contributed by atoms with Crippen molar-refractivity contribution in [2.45, 2.75) is 50.7 Å². The summed E-state index contributed by atoms with van der Waals surface area (Å²) in [6.45, 7) is 5.18. The molecule has 5 rings (SSSR count). The summed E-state index contributed by atoms with van der Waals surface area (Å²) in [5.74, 6) is 1.59. The number of hydrogen-bond acceptors (Lipinski definition) is 5. The first kappa shape index (κ1) is 25.1. The van der Waals surface area contributed by atoms with Crippen LogP contribution in [0.15, 0.2) is 72.8 Å². The normalized spacial score (nSPS) is 18.9. The lowest BCUT2D eigenvalue weighted by atomic mass is 9.74. The van der Waals surface area contributed by atoms with E-state index in [1.165, 1.54) is 0 Å². The van der Waals surface area contributed by atoms with E-state index >= 15 is 0 Å². The van der Waals surface area contributed by atoms with Crippen LogP contribution in [0.3, 0.4) is 0 Å². The highest BCUT2D eigenvalue weighted by Crippen LogP contribution is 2.55. The molecule has 0 fully saturated rings. The third-order valence-corrected chi connectivity index (χ3v) is 7.78. The number of likely N-dealkylation sites (N-methyl/N-ethyl adjacent to an activating group) is 1. The Morgan fingerprint density at radius 2 is 1.70 bits per heavy atom. The van der Waals surface area contributed by atoms with Crippen LogP contribution >= 0.6 is 0 Å². The monoisotopic (exact) mass is 497 g/mol. The minimum Gasteiger partial charge on any atom is -0.494 e. The molecule has 0 bridgehead atoms. The number of carbonyl (C=O) groups is 1. The average molecular weight is 498 g/mol. The Morgan fingerprint density at radius 1 is 0.946 bits per heavy atom. The van der Waals surface area contributed by atoms with E-state index in [1.807, 2.05) is 67.7 Å². The third-order valence-electron chi connectivity index (χ3n) is 7.78. The predicted octanol–water partition coefficient (Wildman–Crippen LogP) is 6.38. The number of aliphatic hydroxyl groups is 1. The number of benzene rings is 3. The molecule has 0 aromatic heterocycles. The molecule has 1 unspecified atom stereocenters. The van der Waals surface area contributed by atoms with E-state index < -0.39 is 11.1 Å². The van der Waals surface area contributed by atoms with Gasteiger partial charge in [0.05, 0.1) is 12.0 Å². The molecule has 0 saturated carbocycles. The summed E-state index contributed by atoms with van der Waals surface area (Å²) in [4.78, 5) is 16.0. The van der Waals surface area contributed by atoms with E-state index in [-0.39, 0.29) is 12.4 Å². The number of nitrogens with zero attached hydrogens (tertiary/aromatic N) is 1. The van der Waals surface area contributed by atoms with Crippen LogP contribution in [0.2, 0.25) is 0 Å². The number of fused-ring (bicyclic) bond motifs is 2. The molecule has 2 aliphatic heterocycles. The second kappa shape index (κ2) is 10.1. The van der Waals surface area contributed by atoms with Crippen LogP contribution in [-0.2, 0) is 5.41 Å². The van der Waals surface area contributed by atoms with Crippen LogP contribution in [0.1, 0.15) is 66.6 Å². The molecule has 3 aromatic rings. The zero-order valence-electron chi connectivity index (χ0n) is 21.9. The standard InChI is InChI=1S/C32H35NO4/c1-31(2)29-26(30(35)24-15-17-25(18-16-24)36-22-9-5-4-8-21-34)12-10-13-27(29)33(3)32(31)20-19-23-11-6-7-14-28(23)37-32/h6-7,10-20,34H,4-5,8-9,21-22H2,1-3H3. The average Bonchev–Trinajstić information content (AvgIpc) is 3.08. The number of rotatable bonds is 9. The van der Waals surface area contributed by atoms with Gasteiger partial charge in [-0.25, -0.2) is 0 Å². The Balaban J connectivity index is 1.39. The second-order valence-corrected chi connectivity index (χ2v) is 10.4. The first-order chi connectivity index (χ1) is 17.9. The first-order valence-electron chi connectivity index (χ1n) is 13.1. The molecule has 0 aliphatic carbocycles. The lowest BCUT2D eigenvalue weighted by Gasteiger charge is -2.45. The smallest absolute Gasteiger partial charge is 0.211 e. The van der Waals surface area contributed by atoms with Crippen molar-refractivity contribution in [3.8, 4) is 11.5 Å². The van der Waals surface area contributed by atoms with Gasteiger partial charge in [0.15, 0.2) is 5.78 Å². The van der Waals surface area contributed by atoms with Gasteiger partial charge in [0.2, 0.25) is 5.72 Å². The molecule has 3 aromatic carbocycles. The number of aliphatic hydroxyl groups excluding tert-OH is 1. The van der Waals surface area contributed by atoms with Crippen LogP contribution in [0.4, 0.5) is 5.69 Å². The Labute approximate surface area is 219 Å². The molecule has 1 spiro atoms. The minimum atomic E-state index is -0.741. The summed E-state index contributed by atoms with van der Waals surface area (Å²) < 4.78 is 12.6. The Bertz CT molecular complexity index is 1310. The van der Waals surface area contributed by atoms with Crippen molar-refractivity contribution in [2.75, 3.05) is 25.2 Å². The van der Waals surface area contributed by atoms with Crippen molar-refractivity contribution in [1.82, 2.24) is 0 Å². The van der Waals surface area contributed by atoms with Crippen LogP contribution in [0.25, 0.3) is 6.08 Å². The molecule has 192 valence electrons. The van der Waals surface area contributed by atoms with Crippen LogP contribution in [0.5, 0.6) is 11.5 Å². The maximum atomic E-state index is 13.8. The van der Waals surface area contributed by atoms with Gasteiger partial charge in [-0.15, -0.1) is 0 Å². The quantitative estimate of drug-likeness (QED) is 0.275. The summed E-state index contributed by atoms with van der Waals surface area (Å²) in [6, 6.07) is 21.4. The van der Waals surface area contributed by atoms with E-state index in [2.05, 4.69) is 37.0 Å². The lowest BCUT2D eigenvalue weighted by Crippen LogP contribution is -2.58. The number of ketones is 1. The summed E-state index contributed by atoms with van der Waals surface area (Å²) in [5, 5.41) is 8.88. The van der Waals surface area contributed by atoms with Crippen molar-refractivity contribution >= 4 is 17.5 Å². The topological polar surface area (TPSA) is 59.0 Å². The van der Waals surface area contributed by atoms with E-state index in [0.717, 1.165) is 54.0 Å². The number of unbranched alkanes of at least 4 members (excludes halogenated alkanes) is 3. The van der Waals surface area contributed by atoms with Gasteiger partial charge in [0, 0.05) is 36.0 Å². The Morgan fingerprint density at radius 3 is 2.49 bits per heavy atom. The molecule has 1 N–H and O–H groups in total. The van der Waals surface area contributed by atoms with Crippen molar-refractivity contribution in [3.05, 3.63) is 95.1 Å². The van der Waals surface area contributed by atoms with Crippen molar-refractivity contribution in [2.24, 2.45) is 0 Å². The number of ether oxygens (including phenoxy) is 2. The van der Waals surface area contributed by atoms with Gasteiger partial charge in [-0.3, -0.25) is 4.79 Å².